The maximum absolute atomic E-state index is 11.5. The zero-order valence-corrected chi connectivity index (χ0v) is 15.4. The molecule has 0 amide bonds. The van der Waals surface area contributed by atoms with Crippen molar-refractivity contribution in [3.05, 3.63) is 48.0 Å². The van der Waals surface area contributed by atoms with Crippen LogP contribution in [0, 0.1) is 0 Å². The number of unbranched alkanes of at least 4 members (excludes halogenated alkanes) is 5. The van der Waals surface area contributed by atoms with Gasteiger partial charge in [-0.15, -0.1) is 11.6 Å². The SMILES string of the molecule is O=C(/C=C/C(=O)OCCc1ccccc1)OCCCCCCCCCl. The third-order valence-corrected chi connectivity index (χ3v) is 3.87. The molecule has 0 aliphatic heterocycles. The number of alkyl halides is 1. The number of hydrogen-bond donors (Lipinski definition) is 0. The lowest BCUT2D eigenvalue weighted by molar-refractivity contribution is -0.140. The molecule has 1 rings (SSSR count). The zero-order valence-electron chi connectivity index (χ0n) is 14.6. The van der Waals surface area contributed by atoms with Gasteiger partial charge < -0.3 is 9.47 Å². The number of ether oxygens (including phenoxy) is 2. The van der Waals surface area contributed by atoms with Crippen LogP contribution >= 0.6 is 11.6 Å². The summed E-state index contributed by atoms with van der Waals surface area (Å²) in [5.41, 5.74) is 1.10. The van der Waals surface area contributed by atoms with E-state index >= 15 is 0 Å². The smallest absolute Gasteiger partial charge is 0.331 e. The first-order chi connectivity index (χ1) is 12.2. The van der Waals surface area contributed by atoms with E-state index in [1.807, 2.05) is 30.3 Å². The van der Waals surface area contributed by atoms with Crippen molar-refractivity contribution in [3.8, 4) is 0 Å². The van der Waals surface area contributed by atoms with E-state index < -0.39 is 11.9 Å². The molecule has 1 aromatic carbocycles. The molecule has 0 N–H and O–H groups in total. The van der Waals surface area contributed by atoms with E-state index in [1.165, 1.54) is 0 Å². The summed E-state index contributed by atoms with van der Waals surface area (Å²) in [6, 6.07) is 9.75. The van der Waals surface area contributed by atoms with Crippen molar-refractivity contribution < 1.29 is 19.1 Å². The van der Waals surface area contributed by atoms with Crippen LogP contribution in [0.25, 0.3) is 0 Å². The Kier molecular flexibility index (Phi) is 12.3. The standard InChI is InChI=1S/C20H27ClO4/c21-15-8-3-1-2-4-9-16-24-19(22)12-13-20(23)25-17-14-18-10-6-5-7-11-18/h5-7,10-13H,1-4,8-9,14-17H2/b13-12+. The van der Waals surface area contributed by atoms with E-state index in [1.54, 1.807) is 0 Å². The van der Waals surface area contributed by atoms with Gasteiger partial charge in [0.2, 0.25) is 0 Å². The second-order valence-corrected chi connectivity index (χ2v) is 6.09. The van der Waals surface area contributed by atoms with Crippen molar-refractivity contribution >= 4 is 23.5 Å². The van der Waals surface area contributed by atoms with Gasteiger partial charge in [-0.25, -0.2) is 9.59 Å². The van der Waals surface area contributed by atoms with Crippen LogP contribution in [0.4, 0.5) is 0 Å². The number of rotatable bonds is 13. The highest BCUT2D eigenvalue weighted by molar-refractivity contribution is 6.17. The number of esters is 2. The Morgan fingerprint density at radius 2 is 1.36 bits per heavy atom. The first kappa shape index (κ1) is 21.2. The fraction of sp³-hybridized carbons (Fsp3) is 0.500. The number of hydrogen-bond acceptors (Lipinski definition) is 4. The summed E-state index contributed by atoms with van der Waals surface area (Å²) in [6.07, 6.45) is 9.23. The van der Waals surface area contributed by atoms with Gasteiger partial charge in [0.1, 0.15) is 0 Å². The Bertz CT molecular complexity index is 514. The summed E-state index contributed by atoms with van der Waals surface area (Å²) >= 11 is 5.61. The zero-order chi connectivity index (χ0) is 18.2. The third-order valence-electron chi connectivity index (χ3n) is 3.61. The van der Waals surface area contributed by atoms with E-state index in [0.717, 1.165) is 62.1 Å². The van der Waals surface area contributed by atoms with Gasteiger partial charge in [-0.3, -0.25) is 0 Å². The molecule has 0 aliphatic carbocycles. The molecule has 0 aromatic heterocycles. The largest absolute Gasteiger partial charge is 0.463 e. The first-order valence-corrected chi connectivity index (χ1v) is 9.37. The van der Waals surface area contributed by atoms with Crippen molar-refractivity contribution in [1.29, 1.82) is 0 Å². The number of carbonyl (C=O) groups excluding carboxylic acids is 2. The fourth-order valence-corrected chi connectivity index (χ4v) is 2.41. The van der Waals surface area contributed by atoms with Crippen molar-refractivity contribution in [2.24, 2.45) is 0 Å². The molecule has 0 saturated heterocycles. The van der Waals surface area contributed by atoms with Gasteiger partial charge in [0.15, 0.2) is 0 Å². The second-order valence-electron chi connectivity index (χ2n) is 5.71. The van der Waals surface area contributed by atoms with Crippen LogP contribution in [0.5, 0.6) is 0 Å². The molecule has 0 heterocycles. The maximum atomic E-state index is 11.5. The predicted molar refractivity (Wildman–Crippen MR) is 99.6 cm³/mol. The molecular weight excluding hydrogens is 340 g/mol. The highest BCUT2D eigenvalue weighted by Gasteiger charge is 2.01. The van der Waals surface area contributed by atoms with Crippen molar-refractivity contribution in [1.82, 2.24) is 0 Å². The van der Waals surface area contributed by atoms with E-state index in [2.05, 4.69) is 0 Å². The van der Waals surface area contributed by atoms with Crippen LogP contribution in [-0.2, 0) is 25.5 Å². The monoisotopic (exact) mass is 366 g/mol. The Hall–Kier alpha value is -1.81. The summed E-state index contributed by atoms with van der Waals surface area (Å²) in [6.45, 7) is 0.660. The molecule has 0 atom stereocenters. The fourth-order valence-electron chi connectivity index (χ4n) is 2.22. The molecule has 138 valence electrons. The summed E-state index contributed by atoms with van der Waals surface area (Å²) in [5.74, 6) is -0.326. The Morgan fingerprint density at radius 1 is 0.800 bits per heavy atom. The lowest BCUT2D eigenvalue weighted by atomic mass is 10.1. The second kappa shape index (κ2) is 14.5. The van der Waals surface area contributed by atoms with Crippen LogP contribution < -0.4 is 0 Å². The predicted octanol–water partition coefficient (Wildman–Crippen LogP) is 4.45. The molecular formula is C20H27ClO4. The summed E-state index contributed by atoms with van der Waals surface area (Å²) in [7, 11) is 0. The van der Waals surface area contributed by atoms with E-state index in [9.17, 15) is 9.59 Å². The molecule has 0 bridgehead atoms. The number of halogens is 1. The van der Waals surface area contributed by atoms with Gasteiger partial charge in [-0.1, -0.05) is 56.0 Å². The third kappa shape index (κ3) is 12.2. The van der Waals surface area contributed by atoms with Gasteiger partial charge in [0.05, 0.1) is 13.2 Å². The lowest BCUT2D eigenvalue weighted by Gasteiger charge is -2.03. The van der Waals surface area contributed by atoms with Gasteiger partial charge >= 0.3 is 11.9 Å². The average molecular weight is 367 g/mol. The molecule has 0 radical (unpaired) electrons. The summed E-state index contributed by atoms with van der Waals surface area (Å²) in [4.78, 5) is 23.0. The normalized spacial score (nSPS) is 10.8. The number of carbonyl (C=O) groups is 2. The molecule has 25 heavy (non-hydrogen) atoms. The highest BCUT2D eigenvalue weighted by atomic mass is 35.5. The molecule has 0 saturated carbocycles. The van der Waals surface area contributed by atoms with Crippen LogP contribution in [0.3, 0.4) is 0 Å². The van der Waals surface area contributed by atoms with Gasteiger partial charge in [0, 0.05) is 24.5 Å². The van der Waals surface area contributed by atoms with E-state index in [0.29, 0.717) is 13.0 Å². The molecule has 1 aromatic rings. The first-order valence-electron chi connectivity index (χ1n) is 8.84. The maximum Gasteiger partial charge on any atom is 0.331 e. The Morgan fingerprint density at radius 3 is 2.00 bits per heavy atom. The summed E-state index contributed by atoms with van der Waals surface area (Å²) in [5, 5.41) is 0. The van der Waals surface area contributed by atoms with Gasteiger partial charge in [0.25, 0.3) is 0 Å². The molecule has 0 spiro atoms. The minimum Gasteiger partial charge on any atom is -0.463 e. The lowest BCUT2D eigenvalue weighted by Crippen LogP contribution is -2.07. The van der Waals surface area contributed by atoms with Crippen LogP contribution in [0.2, 0.25) is 0 Å². The Balaban J connectivity index is 2.02. The van der Waals surface area contributed by atoms with Gasteiger partial charge in [-0.2, -0.15) is 0 Å². The van der Waals surface area contributed by atoms with E-state index in [-0.39, 0.29) is 6.61 Å². The van der Waals surface area contributed by atoms with Crippen molar-refractivity contribution in [3.63, 3.8) is 0 Å². The molecule has 4 nitrogen and oxygen atoms in total. The number of benzene rings is 1. The van der Waals surface area contributed by atoms with Crippen molar-refractivity contribution in [2.45, 2.75) is 44.9 Å². The summed E-state index contributed by atoms with van der Waals surface area (Å²) < 4.78 is 10.1. The van der Waals surface area contributed by atoms with Crippen LogP contribution in [-0.4, -0.2) is 31.0 Å². The average Bonchev–Trinajstić information content (AvgIpc) is 2.63. The van der Waals surface area contributed by atoms with Gasteiger partial charge in [-0.05, 0) is 18.4 Å². The van der Waals surface area contributed by atoms with Crippen molar-refractivity contribution in [2.75, 3.05) is 19.1 Å². The molecule has 0 unspecified atom stereocenters. The molecule has 0 aliphatic rings. The van der Waals surface area contributed by atoms with Crippen LogP contribution in [0.15, 0.2) is 42.5 Å². The minimum atomic E-state index is -0.535. The topological polar surface area (TPSA) is 52.6 Å². The quantitative estimate of drug-likeness (QED) is 0.224. The Labute approximate surface area is 155 Å². The van der Waals surface area contributed by atoms with E-state index in [4.69, 9.17) is 21.1 Å². The molecule has 5 heteroatoms. The molecule has 0 fully saturated rings. The minimum absolute atomic E-state index is 0.284. The van der Waals surface area contributed by atoms with Crippen LogP contribution in [0.1, 0.15) is 44.1 Å². The highest BCUT2D eigenvalue weighted by Crippen LogP contribution is 2.06.